The Morgan fingerprint density at radius 2 is 1.48 bits per heavy atom. The molecule has 0 aliphatic rings. The van der Waals surface area contributed by atoms with Crippen molar-refractivity contribution >= 4 is 65.6 Å². The fourth-order valence-corrected chi connectivity index (χ4v) is 3.49. The molecular weight excluding hydrogens is 385 g/mol. The van der Waals surface area contributed by atoms with Crippen LogP contribution < -0.4 is 15.6 Å². The van der Waals surface area contributed by atoms with Crippen LogP contribution in [0.15, 0.2) is 26.4 Å². The molecule has 0 saturated carbocycles. The molecule has 0 unspecified atom stereocenters. The van der Waals surface area contributed by atoms with Gasteiger partial charge in [0.2, 0.25) is 20.0 Å². The van der Waals surface area contributed by atoms with Crippen LogP contribution in [0.4, 0.5) is 5.69 Å². The molecule has 12 heteroatoms. The van der Waals surface area contributed by atoms with E-state index in [1.165, 1.54) is 7.05 Å². The molecule has 0 fully saturated rings. The van der Waals surface area contributed by atoms with Crippen molar-refractivity contribution in [1.29, 1.82) is 0 Å². The number of nitrogens with one attached hydrogen (secondary N) is 1. The third-order valence-corrected chi connectivity index (χ3v) is 5.23. The number of nitrogens with two attached hydrogens (primary N) is 2. The zero-order chi connectivity index (χ0) is 16.6. The summed E-state index contributed by atoms with van der Waals surface area (Å²) < 4.78 is 45.8. The lowest BCUT2D eigenvalue weighted by Crippen LogP contribution is -2.19. The highest BCUT2D eigenvalue weighted by atomic mass is 35.5. The van der Waals surface area contributed by atoms with Gasteiger partial charge in [0.15, 0.2) is 0 Å². The minimum atomic E-state index is -4.30. The van der Waals surface area contributed by atoms with Gasteiger partial charge in [0, 0.05) is 12.6 Å². The van der Waals surface area contributed by atoms with E-state index >= 15 is 0 Å². The van der Waals surface area contributed by atoms with Crippen LogP contribution in [0.25, 0.3) is 5.03 Å². The zero-order valence-electron chi connectivity index (χ0n) is 10.4. The summed E-state index contributed by atoms with van der Waals surface area (Å²) in [6.07, 6.45) is 0. The topological polar surface area (TPSA) is 132 Å². The molecule has 0 bridgehead atoms. The van der Waals surface area contributed by atoms with E-state index in [-0.39, 0.29) is 16.3 Å². The van der Waals surface area contributed by atoms with Gasteiger partial charge in [-0.3, -0.25) is 0 Å². The summed E-state index contributed by atoms with van der Waals surface area (Å²) in [5, 5.41) is 12.3. The molecule has 1 rings (SSSR count). The van der Waals surface area contributed by atoms with Crippen molar-refractivity contribution in [2.45, 2.75) is 9.79 Å². The monoisotopic (exact) mass is 393 g/mol. The Bertz CT molecular complexity index is 815. The quantitative estimate of drug-likeness (QED) is 0.709. The molecular formula is C9H10Cl3N3O4S2. The number of primary sulfonamides is 2. The minimum Gasteiger partial charge on any atom is -0.387 e. The van der Waals surface area contributed by atoms with Crippen molar-refractivity contribution in [2.75, 3.05) is 12.4 Å². The summed E-state index contributed by atoms with van der Waals surface area (Å²) in [5.74, 6) is 0. The van der Waals surface area contributed by atoms with Crippen LogP contribution in [-0.2, 0) is 20.0 Å². The molecule has 1 aromatic carbocycles. The predicted molar refractivity (Wildman–Crippen MR) is 83.2 cm³/mol. The van der Waals surface area contributed by atoms with E-state index in [0.717, 1.165) is 12.1 Å². The molecule has 0 radical (unpaired) electrons. The molecule has 0 amide bonds. The molecule has 7 nitrogen and oxygen atoms in total. The number of anilines is 1. The predicted octanol–water partition coefficient (Wildman–Crippen LogP) is 1.37. The number of benzene rings is 1. The smallest absolute Gasteiger partial charge is 0.240 e. The normalized spacial score (nSPS) is 12.1. The maximum Gasteiger partial charge on any atom is 0.240 e. The molecule has 0 heterocycles. The van der Waals surface area contributed by atoms with Crippen LogP contribution in [0.5, 0.6) is 0 Å². The van der Waals surface area contributed by atoms with E-state index in [9.17, 15) is 16.8 Å². The molecule has 0 aromatic heterocycles. The average Bonchev–Trinajstić information content (AvgIpc) is 2.33. The number of sulfonamides is 2. The van der Waals surface area contributed by atoms with E-state index < -0.39 is 34.3 Å². The van der Waals surface area contributed by atoms with Gasteiger partial charge in [-0.2, -0.15) is 0 Å². The number of halogens is 3. The SMILES string of the molecule is CNc1cc(C(Cl)=C(Cl)Cl)c(S(N)(=O)=O)cc1S(N)(=O)=O. The molecule has 0 aliphatic carbocycles. The van der Waals surface area contributed by atoms with Crippen molar-refractivity contribution in [3.8, 4) is 0 Å². The van der Waals surface area contributed by atoms with Crippen LogP contribution >= 0.6 is 34.8 Å². The highest BCUT2D eigenvalue weighted by Gasteiger charge is 2.24. The summed E-state index contributed by atoms with van der Waals surface area (Å²) in [4.78, 5) is -1.04. The summed E-state index contributed by atoms with van der Waals surface area (Å²) in [6.45, 7) is 0. The van der Waals surface area contributed by atoms with Crippen LogP contribution in [0.3, 0.4) is 0 Å². The first kappa shape index (κ1) is 18.5. The van der Waals surface area contributed by atoms with Gasteiger partial charge in [-0.1, -0.05) is 34.8 Å². The second-order valence-electron chi connectivity index (χ2n) is 3.76. The van der Waals surface area contributed by atoms with Gasteiger partial charge in [0.1, 0.15) is 9.39 Å². The Kier molecular flexibility index (Phi) is 5.54. The largest absolute Gasteiger partial charge is 0.387 e. The maximum atomic E-state index is 11.6. The van der Waals surface area contributed by atoms with Gasteiger partial charge in [-0.05, 0) is 12.1 Å². The number of hydrogen-bond acceptors (Lipinski definition) is 5. The minimum absolute atomic E-state index is 0.00707. The van der Waals surface area contributed by atoms with Gasteiger partial charge < -0.3 is 5.32 Å². The van der Waals surface area contributed by atoms with Gasteiger partial charge in [0.25, 0.3) is 0 Å². The van der Waals surface area contributed by atoms with Crippen LogP contribution in [-0.4, -0.2) is 23.9 Å². The second-order valence-corrected chi connectivity index (χ2v) is 8.15. The fraction of sp³-hybridized carbons (Fsp3) is 0.111. The molecule has 21 heavy (non-hydrogen) atoms. The van der Waals surface area contributed by atoms with Crippen molar-refractivity contribution in [3.63, 3.8) is 0 Å². The molecule has 1 aromatic rings. The van der Waals surface area contributed by atoms with Gasteiger partial charge in [0.05, 0.1) is 15.6 Å². The molecule has 0 atom stereocenters. The van der Waals surface area contributed by atoms with E-state index in [4.69, 9.17) is 45.1 Å². The van der Waals surface area contributed by atoms with E-state index in [0.29, 0.717) is 0 Å². The van der Waals surface area contributed by atoms with E-state index in [1.807, 2.05) is 0 Å². The van der Waals surface area contributed by atoms with E-state index in [1.54, 1.807) is 0 Å². The third-order valence-electron chi connectivity index (χ3n) is 2.37. The van der Waals surface area contributed by atoms with Crippen LogP contribution in [0.2, 0.25) is 0 Å². The first-order chi connectivity index (χ1) is 9.39. The van der Waals surface area contributed by atoms with Gasteiger partial charge in [-0.25, -0.2) is 27.1 Å². The Balaban J connectivity index is 3.97. The molecule has 0 saturated heterocycles. The molecule has 118 valence electrons. The highest BCUT2D eigenvalue weighted by molar-refractivity contribution is 7.90. The lowest BCUT2D eigenvalue weighted by molar-refractivity contribution is 0.596. The fourth-order valence-electron chi connectivity index (χ4n) is 1.50. The molecule has 5 N–H and O–H groups in total. The summed E-state index contributed by atoms with van der Waals surface area (Å²) in [6, 6.07) is 1.90. The Morgan fingerprint density at radius 3 is 1.81 bits per heavy atom. The van der Waals surface area contributed by atoms with Gasteiger partial charge in [-0.15, -0.1) is 0 Å². The Morgan fingerprint density at radius 1 is 1.00 bits per heavy atom. The highest BCUT2D eigenvalue weighted by Crippen LogP contribution is 2.36. The lowest BCUT2D eigenvalue weighted by atomic mass is 10.2. The van der Waals surface area contributed by atoms with Gasteiger partial charge >= 0.3 is 0 Å². The lowest BCUT2D eigenvalue weighted by Gasteiger charge is -2.13. The second kappa shape index (κ2) is 6.29. The zero-order valence-corrected chi connectivity index (χ0v) is 14.3. The number of rotatable bonds is 4. The first-order valence-electron chi connectivity index (χ1n) is 5.02. The van der Waals surface area contributed by atoms with Crippen LogP contribution in [0.1, 0.15) is 5.56 Å². The average molecular weight is 395 g/mol. The molecule has 0 aliphatic heterocycles. The van der Waals surface area contributed by atoms with E-state index in [2.05, 4.69) is 5.32 Å². The molecule has 0 spiro atoms. The Hall–Kier alpha value is -0.550. The summed E-state index contributed by atoms with van der Waals surface area (Å²) in [7, 11) is -7.10. The summed E-state index contributed by atoms with van der Waals surface area (Å²) in [5.41, 5.74) is -0.149. The standard InChI is InChI=1S/C9H10Cl3N3O4S2/c1-15-5-2-4(8(10)9(11)12)6(20(13,16)17)3-7(5)21(14,18)19/h2-3,15H,1H3,(H2,13,16,17)(H2,14,18,19). The van der Waals surface area contributed by atoms with Crippen LogP contribution in [0, 0.1) is 0 Å². The van der Waals surface area contributed by atoms with Crippen molar-refractivity contribution in [2.24, 2.45) is 10.3 Å². The van der Waals surface area contributed by atoms with Crippen molar-refractivity contribution < 1.29 is 16.8 Å². The van der Waals surface area contributed by atoms with Crippen molar-refractivity contribution in [3.05, 3.63) is 22.2 Å². The number of hydrogen-bond donors (Lipinski definition) is 3. The third kappa shape index (κ3) is 4.22. The summed E-state index contributed by atoms with van der Waals surface area (Å²) >= 11 is 16.9. The maximum absolute atomic E-state index is 11.6. The Labute approximate surface area is 136 Å². The first-order valence-corrected chi connectivity index (χ1v) is 9.24. The van der Waals surface area contributed by atoms with Crippen molar-refractivity contribution in [1.82, 2.24) is 0 Å².